The quantitative estimate of drug-likeness (QED) is 0.783. The smallest absolute Gasteiger partial charge is 0.188 e. The molecule has 0 heterocycles. The van der Waals surface area contributed by atoms with Gasteiger partial charge in [0.05, 0.1) is 35.9 Å². The average Bonchev–Trinajstić information content (AvgIpc) is 2.53. The minimum absolute atomic E-state index is 0.404. The highest BCUT2D eigenvalue weighted by atomic mass is 14.6. The van der Waals surface area contributed by atoms with Gasteiger partial charge in [-0.2, -0.15) is 15.8 Å². The topological polar surface area (TPSA) is 75.7 Å². The number of nitriles is 3. The Hall–Kier alpha value is -3.60. The van der Waals surface area contributed by atoms with Crippen molar-refractivity contribution >= 4 is 5.69 Å². The van der Waals surface area contributed by atoms with Gasteiger partial charge in [-0.25, -0.2) is 4.85 Å². The van der Waals surface area contributed by atoms with Gasteiger partial charge < -0.3 is 0 Å². The second-order valence-corrected chi connectivity index (χ2v) is 4.43. The molecule has 0 fully saturated rings. The van der Waals surface area contributed by atoms with Crippen molar-refractivity contribution in [3.05, 3.63) is 75.6 Å². The molecule has 0 unspecified atom stereocenters. The van der Waals surface area contributed by atoms with Gasteiger partial charge >= 0.3 is 0 Å². The van der Waals surface area contributed by atoms with Crippen LogP contribution in [0.15, 0.2) is 36.4 Å². The molecule has 2 aromatic carbocycles. The lowest BCUT2D eigenvalue weighted by atomic mass is 9.99. The Labute approximate surface area is 122 Å². The molecule has 0 saturated carbocycles. The van der Waals surface area contributed by atoms with Gasteiger partial charge in [0.2, 0.25) is 0 Å². The van der Waals surface area contributed by atoms with Gasteiger partial charge in [0.25, 0.3) is 0 Å². The highest BCUT2D eigenvalue weighted by Crippen LogP contribution is 2.21. The van der Waals surface area contributed by atoms with Crippen molar-refractivity contribution in [1.29, 1.82) is 15.8 Å². The third kappa shape index (κ3) is 3.24. The maximum Gasteiger partial charge on any atom is 0.188 e. The fraction of sp³-hybridized carbons (Fsp3) is 0.0588. The van der Waals surface area contributed by atoms with Crippen LogP contribution in [-0.4, -0.2) is 0 Å². The van der Waals surface area contributed by atoms with E-state index in [9.17, 15) is 0 Å². The Morgan fingerprint density at radius 2 is 1.24 bits per heavy atom. The molecular formula is C17H8N4. The molecular weight excluding hydrogens is 260 g/mol. The van der Waals surface area contributed by atoms with Crippen LogP contribution in [0.3, 0.4) is 0 Å². The van der Waals surface area contributed by atoms with Crippen LogP contribution in [0.25, 0.3) is 4.85 Å². The van der Waals surface area contributed by atoms with Crippen LogP contribution in [0.4, 0.5) is 5.69 Å². The molecule has 0 spiro atoms. The molecule has 0 aromatic heterocycles. The Morgan fingerprint density at radius 1 is 0.762 bits per heavy atom. The molecule has 0 aliphatic heterocycles. The van der Waals surface area contributed by atoms with Crippen LogP contribution in [-0.2, 0) is 6.42 Å². The molecule has 0 N–H and O–H groups in total. The van der Waals surface area contributed by atoms with Gasteiger partial charge in [-0.05, 0) is 42.3 Å². The first kappa shape index (κ1) is 13.8. The minimum Gasteiger partial charge on any atom is -0.238 e. The van der Waals surface area contributed by atoms with E-state index in [4.69, 9.17) is 22.4 Å². The summed E-state index contributed by atoms with van der Waals surface area (Å²) in [5.41, 5.74) is 3.28. The van der Waals surface area contributed by atoms with Gasteiger partial charge in [0, 0.05) is 5.56 Å². The van der Waals surface area contributed by atoms with E-state index >= 15 is 0 Å². The Kier molecular flexibility index (Phi) is 3.97. The fourth-order valence-electron chi connectivity index (χ4n) is 2.06. The first-order valence-electron chi connectivity index (χ1n) is 6.04. The lowest BCUT2D eigenvalue weighted by molar-refractivity contribution is 1.18. The molecule has 0 bridgehead atoms. The highest BCUT2D eigenvalue weighted by Gasteiger charge is 2.05. The van der Waals surface area contributed by atoms with Crippen LogP contribution >= 0.6 is 0 Å². The standard InChI is InChI=1S/C17H8N4/c1-21-17-7-13(5-16(8-17)11-20)2-12-3-14(9-18)6-15(4-12)10-19/h3-8H,2H2. The third-order valence-electron chi connectivity index (χ3n) is 2.90. The van der Waals surface area contributed by atoms with Crippen molar-refractivity contribution in [2.24, 2.45) is 0 Å². The molecule has 0 atom stereocenters. The summed E-state index contributed by atoms with van der Waals surface area (Å²) in [6.45, 7) is 7.05. The summed E-state index contributed by atoms with van der Waals surface area (Å²) >= 11 is 0. The van der Waals surface area contributed by atoms with E-state index in [1.807, 2.05) is 18.2 Å². The van der Waals surface area contributed by atoms with Crippen LogP contribution in [0.1, 0.15) is 27.8 Å². The van der Waals surface area contributed by atoms with Crippen molar-refractivity contribution in [2.45, 2.75) is 6.42 Å². The van der Waals surface area contributed by atoms with E-state index in [1.165, 1.54) is 12.1 Å². The van der Waals surface area contributed by atoms with Crippen molar-refractivity contribution in [2.75, 3.05) is 0 Å². The second kappa shape index (κ2) is 6.03. The molecule has 0 saturated heterocycles. The molecule has 21 heavy (non-hydrogen) atoms. The average molecular weight is 268 g/mol. The van der Waals surface area contributed by atoms with Crippen molar-refractivity contribution < 1.29 is 0 Å². The van der Waals surface area contributed by atoms with Crippen LogP contribution in [0.5, 0.6) is 0 Å². The summed E-state index contributed by atoms with van der Waals surface area (Å²) < 4.78 is 0. The summed E-state index contributed by atoms with van der Waals surface area (Å²) in [5, 5.41) is 26.9. The van der Waals surface area contributed by atoms with Gasteiger partial charge in [-0.1, -0.05) is 11.6 Å². The van der Waals surface area contributed by atoms with Crippen molar-refractivity contribution in [3.8, 4) is 18.2 Å². The Balaban J connectivity index is 2.44. The van der Waals surface area contributed by atoms with Crippen LogP contribution < -0.4 is 0 Å². The SMILES string of the molecule is [C-]#[N+]c1cc(C#N)cc(Cc2cc(C#N)cc(C#N)c2)c1. The predicted molar refractivity (Wildman–Crippen MR) is 76.1 cm³/mol. The number of nitrogens with zero attached hydrogens (tertiary/aromatic N) is 4. The summed E-state index contributed by atoms with van der Waals surface area (Å²) in [7, 11) is 0. The predicted octanol–water partition coefficient (Wildman–Crippen LogP) is 3.44. The first-order chi connectivity index (χ1) is 10.2. The van der Waals surface area contributed by atoms with Gasteiger partial charge in [0.1, 0.15) is 0 Å². The Bertz CT molecular complexity index is 730. The third-order valence-corrected chi connectivity index (χ3v) is 2.90. The first-order valence-corrected chi connectivity index (χ1v) is 6.04. The summed E-state index contributed by atoms with van der Waals surface area (Å²) in [6.07, 6.45) is 0.461. The molecule has 2 aromatic rings. The van der Waals surface area contributed by atoms with Crippen LogP contribution in [0, 0.1) is 40.6 Å². The zero-order chi connectivity index (χ0) is 15.2. The van der Waals surface area contributed by atoms with E-state index < -0.39 is 0 Å². The molecule has 0 amide bonds. The summed E-state index contributed by atoms with van der Waals surface area (Å²) in [5.74, 6) is 0. The molecule has 2 rings (SSSR count). The van der Waals surface area contributed by atoms with Crippen molar-refractivity contribution in [3.63, 3.8) is 0 Å². The number of hydrogen-bond acceptors (Lipinski definition) is 3. The highest BCUT2D eigenvalue weighted by molar-refractivity contribution is 5.54. The monoisotopic (exact) mass is 268 g/mol. The maximum absolute atomic E-state index is 8.97. The fourth-order valence-corrected chi connectivity index (χ4v) is 2.06. The van der Waals surface area contributed by atoms with Gasteiger partial charge in [-0.3, -0.25) is 0 Å². The minimum atomic E-state index is 0.404. The zero-order valence-electron chi connectivity index (χ0n) is 11.0. The number of benzene rings is 2. The molecule has 0 aliphatic rings. The van der Waals surface area contributed by atoms with E-state index in [0.717, 1.165) is 11.1 Å². The molecule has 4 heteroatoms. The summed E-state index contributed by atoms with van der Waals surface area (Å²) in [6, 6.07) is 16.0. The Morgan fingerprint density at radius 3 is 1.71 bits per heavy atom. The van der Waals surface area contributed by atoms with E-state index in [0.29, 0.717) is 28.8 Å². The molecule has 0 aliphatic carbocycles. The van der Waals surface area contributed by atoms with Gasteiger partial charge in [-0.15, -0.1) is 0 Å². The lowest BCUT2D eigenvalue weighted by Crippen LogP contribution is -1.92. The molecule has 0 radical (unpaired) electrons. The summed E-state index contributed by atoms with van der Waals surface area (Å²) in [4.78, 5) is 3.34. The molecule has 96 valence electrons. The lowest BCUT2D eigenvalue weighted by Gasteiger charge is -2.05. The van der Waals surface area contributed by atoms with Crippen LogP contribution in [0.2, 0.25) is 0 Å². The van der Waals surface area contributed by atoms with E-state index in [1.54, 1.807) is 24.3 Å². The van der Waals surface area contributed by atoms with Gasteiger partial charge in [0.15, 0.2) is 5.69 Å². The normalized spacial score (nSPS) is 8.95. The largest absolute Gasteiger partial charge is 0.238 e. The van der Waals surface area contributed by atoms with E-state index in [-0.39, 0.29) is 0 Å². The van der Waals surface area contributed by atoms with Crippen molar-refractivity contribution in [1.82, 2.24) is 0 Å². The number of hydrogen-bond donors (Lipinski definition) is 0. The molecule has 4 nitrogen and oxygen atoms in total. The zero-order valence-corrected chi connectivity index (χ0v) is 11.0. The maximum atomic E-state index is 8.97. The second-order valence-electron chi connectivity index (χ2n) is 4.43. The van der Waals surface area contributed by atoms with E-state index in [2.05, 4.69) is 4.85 Å². The number of rotatable bonds is 2.